The van der Waals surface area contributed by atoms with E-state index in [-0.39, 0.29) is 29.8 Å². The molecule has 33 heavy (non-hydrogen) atoms. The molecule has 2 aromatic rings. The number of piperazine rings is 1. The van der Waals surface area contributed by atoms with E-state index in [2.05, 4.69) is 46.3 Å². The number of amides is 2. The molecule has 9 heteroatoms. The largest absolute Gasteiger partial charge is 0.350 e. The fourth-order valence-electron chi connectivity index (χ4n) is 4.51. The fourth-order valence-corrected chi connectivity index (χ4v) is 4.64. The van der Waals surface area contributed by atoms with Crippen LogP contribution in [0.4, 0.5) is 11.6 Å². The van der Waals surface area contributed by atoms with Crippen LogP contribution in [-0.2, 0) is 16.0 Å². The predicted molar refractivity (Wildman–Crippen MR) is 130 cm³/mol. The average molecular weight is 471 g/mol. The number of carbonyl (C=O) groups is 2. The highest BCUT2D eigenvalue weighted by Crippen LogP contribution is 2.31. The molecule has 8 nitrogen and oxygen atoms in total. The number of hydrogen-bond donors (Lipinski definition) is 2. The summed E-state index contributed by atoms with van der Waals surface area (Å²) in [7, 11) is 0. The predicted octanol–water partition coefficient (Wildman–Crippen LogP) is 2.83. The second-order valence-electron chi connectivity index (χ2n) is 9.07. The van der Waals surface area contributed by atoms with Crippen molar-refractivity contribution < 1.29 is 9.59 Å². The molecule has 2 aliphatic rings. The minimum atomic E-state index is -0.273. The molecule has 0 spiro atoms. The van der Waals surface area contributed by atoms with Gasteiger partial charge in [-0.2, -0.15) is 0 Å². The number of benzene rings is 1. The van der Waals surface area contributed by atoms with E-state index in [0.717, 1.165) is 16.9 Å². The molecule has 0 saturated carbocycles. The highest BCUT2D eigenvalue weighted by Gasteiger charge is 2.34. The summed E-state index contributed by atoms with van der Waals surface area (Å²) in [6.07, 6.45) is 2.56. The molecule has 2 atom stereocenters. The van der Waals surface area contributed by atoms with Crippen LogP contribution in [0.15, 0.2) is 30.6 Å². The third kappa shape index (κ3) is 5.28. The zero-order valence-electron chi connectivity index (χ0n) is 19.3. The van der Waals surface area contributed by atoms with Gasteiger partial charge in [-0.3, -0.25) is 9.59 Å². The summed E-state index contributed by atoms with van der Waals surface area (Å²) < 4.78 is 0. The van der Waals surface area contributed by atoms with E-state index in [4.69, 9.17) is 11.6 Å². The summed E-state index contributed by atoms with van der Waals surface area (Å²) in [4.78, 5) is 38.3. The molecule has 1 aromatic heterocycles. The summed E-state index contributed by atoms with van der Waals surface area (Å²) >= 11 is 6.07. The van der Waals surface area contributed by atoms with Crippen molar-refractivity contribution >= 4 is 35.1 Å². The Labute approximate surface area is 199 Å². The first kappa shape index (κ1) is 23.4. The molecule has 2 unspecified atom stereocenters. The molecule has 0 radical (unpaired) electrons. The Morgan fingerprint density at radius 2 is 1.97 bits per heavy atom. The lowest BCUT2D eigenvalue weighted by Gasteiger charge is -2.42. The molecule has 1 saturated heterocycles. The lowest BCUT2D eigenvalue weighted by atomic mass is 9.96. The molecule has 1 fully saturated rings. The van der Waals surface area contributed by atoms with Crippen molar-refractivity contribution in [3.63, 3.8) is 0 Å². The second-order valence-corrected chi connectivity index (χ2v) is 9.50. The van der Waals surface area contributed by atoms with Crippen LogP contribution >= 0.6 is 11.6 Å². The molecule has 2 N–H and O–H groups in total. The van der Waals surface area contributed by atoms with Crippen LogP contribution < -0.4 is 15.5 Å². The number of nitrogens with one attached hydrogen (secondary N) is 2. The minimum Gasteiger partial charge on any atom is -0.350 e. The van der Waals surface area contributed by atoms with Crippen LogP contribution in [0.1, 0.15) is 44.2 Å². The number of carbonyl (C=O) groups excluding carboxylic acids is 2. The first-order chi connectivity index (χ1) is 15.8. The van der Waals surface area contributed by atoms with Crippen molar-refractivity contribution in [3.8, 4) is 0 Å². The van der Waals surface area contributed by atoms with Gasteiger partial charge in [0.25, 0.3) is 0 Å². The standard InChI is InChI=1S/C24H31ClN6O2/c1-15(2)26-12-20(17-4-6-18(25)7-5-17)24(33)30-10-11-31(16(3)13-30)23-19-8-9-21(32)29-22(19)27-14-28-23/h4-7,14-16,20,26H,8-13H2,1-3H3,(H,27,28,29,32). The third-order valence-electron chi connectivity index (χ3n) is 6.29. The van der Waals surface area contributed by atoms with Gasteiger partial charge in [-0.05, 0) is 31.0 Å². The van der Waals surface area contributed by atoms with Crippen LogP contribution in [0.5, 0.6) is 0 Å². The van der Waals surface area contributed by atoms with E-state index in [1.165, 1.54) is 6.33 Å². The summed E-state index contributed by atoms with van der Waals surface area (Å²) in [5.41, 5.74) is 1.94. The van der Waals surface area contributed by atoms with Crippen LogP contribution in [-0.4, -0.2) is 64.9 Å². The normalized spacial score (nSPS) is 19.3. The number of halogens is 1. The maximum atomic E-state index is 13.6. The number of anilines is 2. The van der Waals surface area contributed by atoms with E-state index in [1.54, 1.807) is 0 Å². The van der Waals surface area contributed by atoms with Gasteiger partial charge in [0.1, 0.15) is 18.0 Å². The van der Waals surface area contributed by atoms with E-state index >= 15 is 0 Å². The first-order valence-electron chi connectivity index (χ1n) is 11.5. The third-order valence-corrected chi connectivity index (χ3v) is 6.55. The Kier molecular flexibility index (Phi) is 7.14. The molecule has 2 aliphatic heterocycles. The minimum absolute atomic E-state index is 0.0149. The first-order valence-corrected chi connectivity index (χ1v) is 11.9. The van der Waals surface area contributed by atoms with E-state index < -0.39 is 0 Å². The number of aromatic nitrogens is 2. The zero-order chi connectivity index (χ0) is 23.5. The molecule has 2 amide bonds. The molecule has 4 rings (SSSR count). The van der Waals surface area contributed by atoms with Crippen molar-refractivity contribution in [2.24, 2.45) is 0 Å². The number of rotatable bonds is 6. The van der Waals surface area contributed by atoms with Crippen molar-refractivity contribution in [1.29, 1.82) is 0 Å². The SMILES string of the molecule is CC(C)NCC(C(=O)N1CCN(c2ncnc3c2CCC(=O)N3)C(C)C1)c1ccc(Cl)cc1. The molecular formula is C24H31ClN6O2. The maximum absolute atomic E-state index is 13.6. The quantitative estimate of drug-likeness (QED) is 0.674. The molecule has 0 bridgehead atoms. The Morgan fingerprint density at radius 1 is 1.21 bits per heavy atom. The molecule has 1 aromatic carbocycles. The smallest absolute Gasteiger partial charge is 0.231 e. The fraction of sp³-hybridized carbons (Fsp3) is 0.500. The lowest BCUT2D eigenvalue weighted by molar-refractivity contribution is -0.133. The van der Waals surface area contributed by atoms with Crippen molar-refractivity contribution in [2.75, 3.05) is 36.4 Å². The van der Waals surface area contributed by atoms with Gasteiger partial charge in [-0.15, -0.1) is 0 Å². The van der Waals surface area contributed by atoms with Crippen LogP contribution in [0.3, 0.4) is 0 Å². The van der Waals surface area contributed by atoms with Crippen LogP contribution in [0.25, 0.3) is 0 Å². The van der Waals surface area contributed by atoms with Crippen molar-refractivity contribution in [3.05, 3.63) is 46.7 Å². The number of nitrogens with zero attached hydrogens (tertiary/aromatic N) is 4. The topological polar surface area (TPSA) is 90.5 Å². The second kappa shape index (κ2) is 10.1. The van der Waals surface area contributed by atoms with E-state index in [9.17, 15) is 9.59 Å². The van der Waals surface area contributed by atoms with Gasteiger partial charge in [0.15, 0.2) is 0 Å². The average Bonchev–Trinajstić information content (AvgIpc) is 2.79. The lowest BCUT2D eigenvalue weighted by Crippen LogP contribution is -2.55. The van der Waals surface area contributed by atoms with Gasteiger partial charge in [0.05, 0.1) is 5.92 Å². The molecule has 0 aliphatic carbocycles. The Bertz CT molecular complexity index is 1010. The molecule has 176 valence electrons. The van der Waals surface area contributed by atoms with Gasteiger partial charge in [0.2, 0.25) is 11.8 Å². The highest BCUT2D eigenvalue weighted by molar-refractivity contribution is 6.30. The van der Waals surface area contributed by atoms with Gasteiger partial charge < -0.3 is 20.4 Å². The van der Waals surface area contributed by atoms with Gasteiger partial charge in [0, 0.05) is 55.3 Å². The van der Waals surface area contributed by atoms with Crippen LogP contribution in [0, 0.1) is 0 Å². The van der Waals surface area contributed by atoms with Crippen molar-refractivity contribution in [2.45, 2.75) is 51.6 Å². The summed E-state index contributed by atoms with van der Waals surface area (Å²) in [6, 6.07) is 7.92. The summed E-state index contributed by atoms with van der Waals surface area (Å²) in [6.45, 7) is 8.74. The molecular weight excluding hydrogens is 440 g/mol. The molecule has 3 heterocycles. The van der Waals surface area contributed by atoms with E-state index in [1.807, 2.05) is 29.2 Å². The summed E-state index contributed by atoms with van der Waals surface area (Å²) in [5.74, 6) is 1.29. The summed E-state index contributed by atoms with van der Waals surface area (Å²) in [5, 5.41) is 6.92. The van der Waals surface area contributed by atoms with Gasteiger partial charge in [-0.25, -0.2) is 9.97 Å². The van der Waals surface area contributed by atoms with Gasteiger partial charge >= 0.3 is 0 Å². The van der Waals surface area contributed by atoms with E-state index in [0.29, 0.717) is 49.9 Å². The zero-order valence-corrected chi connectivity index (χ0v) is 20.1. The Hall–Kier alpha value is -2.71. The van der Waals surface area contributed by atoms with Gasteiger partial charge in [-0.1, -0.05) is 37.6 Å². The monoisotopic (exact) mass is 470 g/mol. The Morgan fingerprint density at radius 3 is 2.67 bits per heavy atom. The number of fused-ring (bicyclic) bond motifs is 1. The highest BCUT2D eigenvalue weighted by atomic mass is 35.5. The number of hydrogen-bond acceptors (Lipinski definition) is 6. The maximum Gasteiger partial charge on any atom is 0.231 e. The Balaban J connectivity index is 1.50. The van der Waals surface area contributed by atoms with Crippen molar-refractivity contribution in [1.82, 2.24) is 20.2 Å². The van der Waals surface area contributed by atoms with Crippen LogP contribution in [0.2, 0.25) is 5.02 Å².